The molecule has 0 radical (unpaired) electrons. The number of hydrogen-bond donors (Lipinski definition) is 0. The number of aromatic nitrogens is 1. The van der Waals surface area contributed by atoms with Gasteiger partial charge in [0.05, 0.1) is 10.6 Å². The van der Waals surface area contributed by atoms with Crippen LogP contribution in [0.2, 0.25) is 10.0 Å². The van der Waals surface area contributed by atoms with Crippen LogP contribution in [0.1, 0.15) is 16.1 Å². The van der Waals surface area contributed by atoms with Crippen molar-refractivity contribution in [2.75, 3.05) is 31.1 Å². The summed E-state index contributed by atoms with van der Waals surface area (Å²) in [6, 6.07) is 12.0. The van der Waals surface area contributed by atoms with E-state index in [0.717, 1.165) is 5.69 Å². The van der Waals surface area contributed by atoms with Crippen molar-refractivity contribution >= 4 is 34.8 Å². The van der Waals surface area contributed by atoms with Crippen LogP contribution in [-0.2, 0) is 0 Å². The van der Waals surface area contributed by atoms with Gasteiger partial charge in [-0.3, -0.25) is 4.79 Å². The third-order valence-corrected chi connectivity index (χ3v) is 5.57. The highest BCUT2D eigenvalue weighted by Gasteiger charge is 2.30. The molecule has 0 bridgehead atoms. The lowest BCUT2D eigenvalue weighted by Gasteiger charge is -2.36. The van der Waals surface area contributed by atoms with E-state index >= 15 is 0 Å². The van der Waals surface area contributed by atoms with Crippen molar-refractivity contribution in [3.8, 4) is 11.3 Å². The highest BCUT2D eigenvalue weighted by molar-refractivity contribution is 6.33. The van der Waals surface area contributed by atoms with Crippen molar-refractivity contribution in [2.24, 2.45) is 0 Å². The first-order valence-electron chi connectivity index (χ1n) is 9.16. The minimum Gasteiger partial charge on any atom is -0.368 e. The van der Waals surface area contributed by atoms with Crippen LogP contribution >= 0.6 is 23.2 Å². The van der Waals surface area contributed by atoms with E-state index < -0.39 is 5.82 Å². The Hall–Kier alpha value is -2.57. The van der Waals surface area contributed by atoms with Gasteiger partial charge in [0.25, 0.3) is 5.91 Å². The molecule has 2 heterocycles. The molecule has 3 aromatic rings. The molecule has 0 spiro atoms. The van der Waals surface area contributed by atoms with Gasteiger partial charge in [0.2, 0.25) is 0 Å². The van der Waals surface area contributed by atoms with E-state index in [4.69, 9.17) is 27.7 Å². The molecule has 1 amide bonds. The Kier molecular flexibility index (Phi) is 5.48. The Morgan fingerprint density at radius 3 is 2.52 bits per heavy atom. The number of carbonyl (C=O) groups is 1. The molecular formula is C21H18Cl2FN3O2. The Morgan fingerprint density at radius 2 is 1.83 bits per heavy atom. The molecule has 1 aliphatic rings. The molecule has 1 fully saturated rings. The van der Waals surface area contributed by atoms with Crippen molar-refractivity contribution in [3.63, 3.8) is 0 Å². The second-order valence-corrected chi connectivity index (χ2v) is 7.66. The summed E-state index contributed by atoms with van der Waals surface area (Å²) in [4.78, 5) is 17.1. The smallest absolute Gasteiger partial charge is 0.259 e. The molecule has 5 nitrogen and oxygen atoms in total. The fraction of sp³-hybridized carbons (Fsp3) is 0.238. The van der Waals surface area contributed by atoms with Crippen LogP contribution in [0.4, 0.5) is 10.1 Å². The van der Waals surface area contributed by atoms with Crippen LogP contribution < -0.4 is 4.90 Å². The minimum atomic E-state index is -0.550. The average molecular weight is 434 g/mol. The van der Waals surface area contributed by atoms with E-state index in [1.165, 1.54) is 12.1 Å². The summed E-state index contributed by atoms with van der Waals surface area (Å²) in [5, 5.41) is 4.78. The van der Waals surface area contributed by atoms with Crippen molar-refractivity contribution in [2.45, 2.75) is 6.92 Å². The monoisotopic (exact) mass is 433 g/mol. The fourth-order valence-electron chi connectivity index (χ4n) is 3.52. The van der Waals surface area contributed by atoms with Gasteiger partial charge in [-0.1, -0.05) is 40.5 Å². The molecule has 150 valence electrons. The number of piperazine rings is 1. The van der Waals surface area contributed by atoms with E-state index in [0.29, 0.717) is 37.0 Å². The van der Waals surface area contributed by atoms with E-state index in [9.17, 15) is 9.18 Å². The van der Waals surface area contributed by atoms with Crippen LogP contribution in [0, 0.1) is 12.7 Å². The van der Waals surface area contributed by atoms with Gasteiger partial charge in [0.1, 0.15) is 22.8 Å². The van der Waals surface area contributed by atoms with Crippen molar-refractivity contribution in [3.05, 3.63) is 69.7 Å². The lowest BCUT2D eigenvalue weighted by molar-refractivity contribution is 0.0745. The Balaban J connectivity index is 1.57. The molecule has 1 aliphatic heterocycles. The highest BCUT2D eigenvalue weighted by Crippen LogP contribution is 2.34. The maximum absolute atomic E-state index is 14.4. The SMILES string of the molecule is Cc1onc(-c2c(F)cccc2Cl)c1C(=O)N1CCN(c2cccc(Cl)c2)CC1. The van der Waals surface area contributed by atoms with Gasteiger partial charge in [0.15, 0.2) is 0 Å². The van der Waals surface area contributed by atoms with Crippen LogP contribution in [0.5, 0.6) is 0 Å². The van der Waals surface area contributed by atoms with Crippen molar-refractivity contribution in [1.82, 2.24) is 10.1 Å². The van der Waals surface area contributed by atoms with E-state index in [1.807, 2.05) is 24.3 Å². The zero-order chi connectivity index (χ0) is 20.5. The van der Waals surface area contributed by atoms with E-state index in [1.54, 1.807) is 17.9 Å². The first kappa shape index (κ1) is 19.7. The second-order valence-electron chi connectivity index (χ2n) is 6.82. The Labute approximate surface area is 177 Å². The number of benzene rings is 2. The number of anilines is 1. The third-order valence-electron chi connectivity index (χ3n) is 5.02. The van der Waals surface area contributed by atoms with Crippen molar-refractivity contribution in [1.29, 1.82) is 0 Å². The van der Waals surface area contributed by atoms with Gasteiger partial charge in [-0.15, -0.1) is 0 Å². The predicted molar refractivity (Wildman–Crippen MR) is 111 cm³/mol. The maximum Gasteiger partial charge on any atom is 0.259 e. The molecule has 8 heteroatoms. The predicted octanol–water partition coefficient (Wildman–Crippen LogP) is 5.06. The molecule has 4 rings (SSSR count). The number of rotatable bonds is 3. The lowest BCUT2D eigenvalue weighted by atomic mass is 10.0. The van der Waals surface area contributed by atoms with Crippen LogP contribution in [0.25, 0.3) is 11.3 Å². The standard InChI is InChI=1S/C21H18Cl2FN3O2/c1-13-18(20(25-29-13)19-16(23)6-3-7-17(19)24)21(28)27-10-8-26(9-11-27)15-5-2-4-14(22)12-15/h2-7,12H,8-11H2,1H3. The molecule has 1 saturated heterocycles. The number of amides is 1. The first-order valence-corrected chi connectivity index (χ1v) is 9.91. The average Bonchev–Trinajstić information content (AvgIpc) is 3.08. The fourth-order valence-corrected chi connectivity index (χ4v) is 3.95. The quantitative estimate of drug-likeness (QED) is 0.579. The zero-order valence-corrected chi connectivity index (χ0v) is 17.2. The van der Waals surface area contributed by atoms with Gasteiger partial charge in [-0.2, -0.15) is 0 Å². The molecule has 2 aromatic carbocycles. The summed E-state index contributed by atoms with van der Waals surface area (Å²) >= 11 is 12.3. The molecule has 1 aromatic heterocycles. The van der Waals surface area contributed by atoms with E-state index in [-0.39, 0.29) is 27.8 Å². The van der Waals surface area contributed by atoms with Gasteiger partial charge in [-0.05, 0) is 37.3 Å². The molecule has 29 heavy (non-hydrogen) atoms. The molecule has 0 unspecified atom stereocenters. The van der Waals surface area contributed by atoms with Crippen molar-refractivity contribution < 1.29 is 13.7 Å². The number of halogens is 3. The molecule has 0 aliphatic carbocycles. The zero-order valence-electron chi connectivity index (χ0n) is 15.7. The topological polar surface area (TPSA) is 49.6 Å². The first-order chi connectivity index (χ1) is 14.0. The van der Waals surface area contributed by atoms with Crippen LogP contribution in [0.15, 0.2) is 47.0 Å². The number of nitrogens with zero attached hydrogens (tertiary/aromatic N) is 3. The molecule has 0 atom stereocenters. The number of hydrogen-bond acceptors (Lipinski definition) is 4. The lowest BCUT2D eigenvalue weighted by Crippen LogP contribution is -2.49. The summed E-state index contributed by atoms with van der Waals surface area (Å²) in [5.74, 6) is -0.462. The maximum atomic E-state index is 14.4. The summed E-state index contributed by atoms with van der Waals surface area (Å²) in [6.07, 6.45) is 0. The molecular weight excluding hydrogens is 416 g/mol. The number of carbonyl (C=O) groups excluding carboxylic acids is 1. The normalized spacial score (nSPS) is 14.3. The second kappa shape index (κ2) is 8.05. The molecule has 0 saturated carbocycles. The Morgan fingerprint density at radius 1 is 1.10 bits per heavy atom. The van der Waals surface area contributed by atoms with Crippen LogP contribution in [-0.4, -0.2) is 42.1 Å². The highest BCUT2D eigenvalue weighted by atomic mass is 35.5. The molecule has 0 N–H and O–H groups in total. The summed E-state index contributed by atoms with van der Waals surface area (Å²) < 4.78 is 19.6. The van der Waals surface area contributed by atoms with Gasteiger partial charge >= 0.3 is 0 Å². The van der Waals surface area contributed by atoms with Gasteiger partial charge in [0, 0.05) is 36.9 Å². The minimum absolute atomic E-state index is 0.0759. The summed E-state index contributed by atoms with van der Waals surface area (Å²) in [5.41, 5.74) is 1.47. The summed E-state index contributed by atoms with van der Waals surface area (Å²) in [7, 11) is 0. The van der Waals surface area contributed by atoms with Crippen LogP contribution in [0.3, 0.4) is 0 Å². The van der Waals surface area contributed by atoms with Gasteiger partial charge in [-0.25, -0.2) is 4.39 Å². The van der Waals surface area contributed by atoms with Gasteiger partial charge < -0.3 is 14.3 Å². The summed E-state index contributed by atoms with van der Waals surface area (Å²) in [6.45, 7) is 3.99. The largest absolute Gasteiger partial charge is 0.368 e. The Bertz CT molecular complexity index is 1040. The van der Waals surface area contributed by atoms with E-state index in [2.05, 4.69) is 10.1 Å². The number of aryl methyl sites for hydroxylation is 1. The third kappa shape index (κ3) is 3.82.